The molecule has 2 N–H and O–H groups in total. The van der Waals surface area contributed by atoms with Crippen LogP contribution in [0.15, 0.2) is 12.2 Å². The summed E-state index contributed by atoms with van der Waals surface area (Å²) >= 11 is 0. The molecule has 0 rings (SSSR count). The van der Waals surface area contributed by atoms with E-state index < -0.39 is 11.9 Å². The molecule has 0 fully saturated rings. The van der Waals surface area contributed by atoms with Gasteiger partial charge in [-0.1, -0.05) is 77.2 Å². The van der Waals surface area contributed by atoms with Crippen LogP contribution in [0.3, 0.4) is 0 Å². The highest BCUT2D eigenvalue weighted by molar-refractivity contribution is 5.79. The minimum atomic E-state index is -0.891. The number of carboxylic acid groups (broad SMARTS) is 2. The summed E-state index contributed by atoms with van der Waals surface area (Å²) in [7, 11) is 0. The van der Waals surface area contributed by atoms with Gasteiger partial charge in [-0.15, -0.1) is 0 Å². The van der Waals surface area contributed by atoms with Crippen molar-refractivity contribution in [1.29, 1.82) is 0 Å². The minimum absolute atomic E-state index is 0.344. The maximum Gasteiger partial charge on any atom is 0.327 e. The van der Waals surface area contributed by atoms with Crippen LogP contribution < -0.4 is 0 Å². The van der Waals surface area contributed by atoms with Gasteiger partial charge in [-0.3, -0.25) is 4.79 Å². The zero-order valence-electron chi connectivity index (χ0n) is 14.4. The average Bonchev–Trinajstić information content (AvgIpc) is 2.45. The number of carbonyl (C=O) groups is 2. The molecule has 0 saturated heterocycles. The summed E-state index contributed by atoms with van der Waals surface area (Å²) in [5.41, 5.74) is 0. The van der Waals surface area contributed by atoms with E-state index in [4.69, 9.17) is 10.2 Å². The first kappa shape index (κ1) is 23.0. The van der Waals surface area contributed by atoms with Crippen molar-refractivity contribution in [2.75, 3.05) is 0 Å². The van der Waals surface area contributed by atoms with E-state index in [2.05, 4.69) is 6.92 Å². The molecule has 0 saturated carbocycles. The van der Waals surface area contributed by atoms with Crippen molar-refractivity contribution in [3.05, 3.63) is 12.2 Å². The van der Waals surface area contributed by atoms with Gasteiger partial charge in [-0.05, 0) is 13.3 Å². The van der Waals surface area contributed by atoms with Crippen LogP contribution in [0, 0.1) is 0 Å². The molecule has 130 valence electrons. The predicted octanol–water partition coefficient (Wildman–Crippen LogP) is 5.42. The van der Waals surface area contributed by atoms with Gasteiger partial charge >= 0.3 is 11.9 Å². The Labute approximate surface area is 135 Å². The first-order chi connectivity index (χ1) is 10.5. The fourth-order valence-electron chi connectivity index (χ4n) is 2.08. The van der Waals surface area contributed by atoms with Crippen molar-refractivity contribution in [1.82, 2.24) is 0 Å². The summed E-state index contributed by atoms with van der Waals surface area (Å²) < 4.78 is 0. The monoisotopic (exact) mass is 314 g/mol. The summed E-state index contributed by atoms with van der Waals surface area (Å²) in [5.74, 6) is -1.55. The Morgan fingerprint density at radius 2 is 1.18 bits per heavy atom. The molecule has 0 unspecified atom stereocenters. The van der Waals surface area contributed by atoms with E-state index in [-0.39, 0.29) is 0 Å². The first-order valence-corrected chi connectivity index (χ1v) is 8.62. The molecule has 0 heterocycles. The standard InChI is InChI=1S/C14H28O2.C4H6O2/c1-2-3-4-5-6-7-8-9-10-11-12-13-14(15)16;1-2-3-4(5)6/h2-13H2,1H3,(H,15,16);2-3H,1H3,(H,5,6). The maximum atomic E-state index is 10.3. The zero-order chi connectivity index (χ0) is 17.1. The first-order valence-electron chi connectivity index (χ1n) is 8.62. The van der Waals surface area contributed by atoms with Crippen LogP contribution in [0.25, 0.3) is 0 Å². The molecule has 0 radical (unpaired) electrons. The van der Waals surface area contributed by atoms with Crippen LogP contribution >= 0.6 is 0 Å². The van der Waals surface area contributed by atoms with E-state index >= 15 is 0 Å². The maximum absolute atomic E-state index is 10.3. The predicted molar refractivity (Wildman–Crippen MR) is 91.2 cm³/mol. The van der Waals surface area contributed by atoms with Gasteiger partial charge in [0.2, 0.25) is 0 Å². The van der Waals surface area contributed by atoms with Gasteiger partial charge in [0.1, 0.15) is 0 Å². The molecule has 0 aromatic heterocycles. The number of hydrogen-bond donors (Lipinski definition) is 2. The van der Waals surface area contributed by atoms with Gasteiger partial charge in [0, 0.05) is 12.5 Å². The van der Waals surface area contributed by atoms with Gasteiger partial charge in [-0.25, -0.2) is 4.79 Å². The average molecular weight is 314 g/mol. The summed E-state index contributed by atoms with van der Waals surface area (Å²) in [6, 6.07) is 0. The Morgan fingerprint density at radius 1 is 0.773 bits per heavy atom. The summed E-state index contributed by atoms with van der Waals surface area (Å²) in [6.45, 7) is 3.91. The van der Waals surface area contributed by atoms with Gasteiger partial charge in [-0.2, -0.15) is 0 Å². The number of carboxylic acids is 2. The van der Waals surface area contributed by atoms with Crippen molar-refractivity contribution >= 4 is 11.9 Å². The fraction of sp³-hybridized carbons (Fsp3) is 0.778. The number of aliphatic carboxylic acids is 2. The molecule has 0 amide bonds. The van der Waals surface area contributed by atoms with Crippen molar-refractivity contribution in [3.63, 3.8) is 0 Å². The van der Waals surface area contributed by atoms with E-state index in [9.17, 15) is 9.59 Å². The van der Waals surface area contributed by atoms with E-state index in [1.54, 1.807) is 6.92 Å². The van der Waals surface area contributed by atoms with Gasteiger partial charge in [0.25, 0.3) is 0 Å². The third-order valence-corrected chi connectivity index (χ3v) is 3.30. The second-order valence-corrected chi connectivity index (χ2v) is 5.52. The van der Waals surface area contributed by atoms with Crippen molar-refractivity contribution < 1.29 is 19.8 Å². The normalized spacial score (nSPS) is 10.3. The lowest BCUT2D eigenvalue weighted by Gasteiger charge is -2.01. The number of hydrogen-bond acceptors (Lipinski definition) is 2. The second-order valence-electron chi connectivity index (χ2n) is 5.52. The largest absolute Gasteiger partial charge is 0.481 e. The van der Waals surface area contributed by atoms with E-state index in [0.717, 1.165) is 18.9 Å². The Balaban J connectivity index is 0. The SMILES string of the molecule is CC=CC(=O)O.CCCCCCCCCCCCCC(=O)O. The number of allylic oxidation sites excluding steroid dienone is 1. The molecule has 0 aliphatic heterocycles. The van der Waals surface area contributed by atoms with Crippen LogP contribution in [0.4, 0.5) is 0 Å². The lowest BCUT2D eigenvalue weighted by atomic mass is 10.1. The molecule has 0 aliphatic carbocycles. The van der Waals surface area contributed by atoms with Crippen LogP contribution in [0.2, 0.25) is 0 Å². The zero-order valence-corrected chi connectivity index (χ0v) is 14.4. The van der Waals surface area contributed by atoms with E-state index in [0.29, 0.717) is 6.42 Å². The summed E-state index contributed by atoms with van der Waals surface area (Å²) in [4.78, 5) is 19.8. The molecule has 0 bridgehead atoms. The molecular formula is C18H34O4. The molecule has 0 atom stereocenters. The van der Waals surface area contributed by atoms with Crippen LogP contribution in [-0.4, -0.2) is 22.2 Å². The highest BCUT2D eigenvalue weighted by Crippen LogP contribution is 2.11. The Morgan fingerprint density at radius 3 is 1.45 bits per heavy atom. The molecule has 0 aliphatic rings. The molecule has 0 aromatic carbocycles. The van der Waals surface area contributed by atoms with Gasteiger partial charge < -0.3 is 10.2 Å². The molecule has 0 spiro atoms. The van der Waals surface area contributed by atoms with E-state index in [1.807, 2.05) is 0 Å². The lowest BCUT2D eigenvalue weighted by Crippen LogP contribution is -1.93. The minimum Gasteiger partial charge on any atom is -0.481 e. The van der Waals surface area contributed by atoms with Crippen molar-refractivity contribution in [2.45, 2.75) is 90.9 Å². The lowest BCUT2D eigenvalue weighted by molar-refractivity contribution is -0.137. The highest BCUT2D eigenvalue weighted by Gasteiger charge is 1.96. The second kappa shape index (κ2) is 19.7. The summed E-state index contributed by atoms with van der Waals surface area (Å²) in [6.07, 6.45) is 16.9. The smallest absolute Gasteiger partial charge is 0.327 e. The van der Waals surface area contributed by atoms with Gasteiger partial charge in [0.05, 0.1) is 0 Å². The Hall–Kier alpha value is -1.32. The fourth-order valence-corrected chi connectivity index (χ4v) is 2.08. The topological polar surface area (TPSA) is 74.6 Å². The Bertz CT molecular complexity index is 285. The van der Waals surface area contributed by atoms with Crippen LogP contribution in [-0.2, 0) is 9.59 Å². The van der Waals surface area contributed by atoms with Crippen molar-refractivity contribution in [2.24, 2.45) is 0 Å². The molecule has 4 nitrogen and oxygen atoms in total. The highest BCUT2D eigenvalue weighted by atomic mass is 16.4. The molecule has 0 aromatic rings. The van der Waals surface area contributed by atoms with Crippen LogP contribution in [0.1, 0.15) is 90.9 Å². The number of unbranched alkanes of at least 4 members (excludes halogenated alkanes) is 10. The van der Waals surface area contributed by atoms with E-state index in [1.165, 1.54) is 63.9 Å². The third-order valence-electron chi connectivity index (χ3n) is 3.30. The molecular weight excluding hydrogens is 280 g/mol. The van der Waals surface area contributed by atoms with Gasteiger partial charge in [0.15, 0.2) is 0 Å². The molecule has 22 heavy (non-hydrogen) atoms. The van der Waals surface area contributed by atoms with Crippen molar-refractivity contribution in [3.8, 4) is 0 Å². The quantitative estimate of drug-likeness (QED) is 0.351. The third kappa shape index (κ3) is 27.1. The summed E-state index contributed by atoms with van der Waals surface area (Å²) in [5, 5.41) is 16.3. The Kier molecular flexibility index (Phi) is 20.5. The number of rotatable bonds is 13. The molecule has 4 heteroatoms. The van der Waals surface area contributed by atoms with Crippen LogP contribution in [0.5, 0.6) is 0 Å².